The molecule has 0 bridgehead atoms. The van der Waals surface area contributed by atoms with Gasteiger partial charge in [0.15, 0.2) is 0 Å². The zero-order valence-corrected chi connectivity index (χ0v) is 16.4. The van der Waals surface area contributed by atoms with Gasteiger partial charge in [-0.3, -0.25) is 9.59 Å². The molecular formula is C20H28N2O5. The van der Waals surface area contributed by atoms with Crippen LogP contribution in [0, 0.1) is 0 Å². The minimum absolute atomic E-state index is 0.199. The summed E-state index contributed by atoms with van der Waals surface area (Å²) in [7, 11) is 1.26. The van der Waals surface area contributed by atoms with Crippen molar-refractivity contribution in [1.82, 2.24) is 10.2 Å². The Morgan fingerprint density at radius 1 is 1.22 bits per heavy atom. The number of ether oxygens (including phenoxy) is 2. The first-order valence-corrected chi connectivity index (χ1v) is 8.66. The molecule has 0 heterocycles. The van der Waals surface area contributed by atoms with E-state index in [0.29, 0.717) is 0 Å². The molecule has 1 atom stereocenters. The van der Waals surface area contributed by atoms with Gasteiger partial charge in [-0.15, -0.1) is 6.58 Å². The van der Waals surface area contributed by atoms with E-state index < -0.39 is 29.6 Å². The molecule has 148 valence electrons. The summed E-state index contributed by atoms with van der Waals surface area (Å²) < 4.78 is 9.91. The fourth-order valence-corrected chi connectivity index (χ4v) is 2.29. The summed E-state index contributed by atoms with van der Waals surface area (Å²) in [4.78, 5) is 38.2. The molecule has 0 saturated heterocycles. The normalized spacial score (nSPS) is 11.9. The summed E-state index contributed by atoms with van der Waals surface area (Å²) in [5, 5.41) is 2.56. The first-order valence-electron chi connectivity index (χ1n) is 8.66. The first-order chi connectivity index (χ1) is 12.7. The molecule has 0 aliphatic heterocycles. The Kier molecular flexibility index (Phi) is 8.51. The van der Waals surface area contributed by atoms with Gasteiger partial charge in [-0.2, -0.15) is 0 Å². The number of hydrogen-bond donors (Lipinski definition) is 1. The number of esters is 1. The van der Waals surface area contributed by atoms with Gasteiger partial charge < -0.3 is 19.7 Å². The largest absolute Gasteiger partial charge is 0.468 e. The molecule has 2 amide bonds. The van der Waals surface area contributed by atoms with Crippen LogP contribution in [-0.2, 0) is 25.6 Å². The second kappa shape index (κ2) is 10.4. The number of hydrogen-bond acceptors (Lipinski definition) is 5. The Morgan fingerprint density at radius 2 is 1.85 bits per heavy atom. The van der Waals surface area contributed by atoms with Crippen LogP contribution < -0.4 is 5.32 Å². The van der Waals surface area contributed by atoms with Gasteiger partial charge in [-0.05, 0) is 32.8 Å². The van der Waals surface area contributed by atoms with Crippen LogP contribution in [0.5, 0.6) is 0 Å². The van der Waals surface area contributed by atoms with E-state index in [0.717, 1.165) is 5.56 Å². The quantitative estimate of drug-likeness (QED) is 0.557. The molecule has 27 heavy (non-hydrogen) atoms. The van der Waals surface area contributed by atoms with Crippen molar-refractivity contribution in [2.75, 3.05) is 13.7 Å². The average Bonchev–Trinajstić information content (AvgIpc) is 2.59. The van der Waals surface area contributed by atoms with Crippen LogP contribution in [0.3, 0.4) is 0 Å². The summed E-state index contributed by atoms with van der Waals surface area (Å²) in [6, 6.07) is 8.35. The van der Waals surface area contributed by atoms with Crippen LogP contribution in [0.25, 0.3) is 0 Å². The third kappa shape index (κ3) is 8.40. The third-order valence-electron chi connectivity index (χ3n) is 3.47. The first kappa shape index (κ1) is 22.2. The number of nitrogens with one attached hydrogen (secondary N) is 1. The highest BCUT2D eigenvalue weighted by Crippen LogP contribution is 2.11. The van der Waals surface area contributed by atoms with E-state index in [9.17, 15) is 14.4 Å². The van der Waals surface area contributed by atoms with Gasteiger partial charge in [0.1, 0.15) is 18.2 Å². The summed E-state index contributed by atoms with van der Waals surface area (Å²) in [6.45, 7) is 8.81. The van der Waals surface area contributed by atoms with Crippen LogP contribution in [0.1, 0.15) is 32.8 Å². The van der Waals surface area contributed by atoms with Gasteiger partial charge in [0.2, 0.25) is 5.91 Å². The van der Waals surface area contributed by atoms with Gasteiger partial charge in [0, 0.05) is 6.54 Å². The summed E-state index contributed by atoms with van der Waals surface area (Å²) >= 11 is 0. The highest BCUT2D eigenvalue weighted by atomic mass is 16.6. The van der Waals surface area contributed by atoms with Crippen LogP contribution in [-0.4, -0.2) is 48.2 Å². The molecule has 7 nitrogen and oxygen atoms in total. The lowest BCUT2D eigenvalue weighted by molar-refractivity contribution is -0.148. The molecule has 1 aromatic rings. The maximum atomic E-state index is 13.0. The zero-order chi connectivity index (χ0) is 20.4. The maximum Gasteiger partial charge on any atom is 0.408 e. The van der Waals surface area contributed by atoms with Crippen molar-refractivity contribution in [3.8, 4) is 0 Å². The zero-order valence-electron chi connectivity index (χ0n) is 16.4. The van der Waals surface area contributed by atoms with Crippen LogP contribution in [0.2, 0.25) is 0 Å². The summed E-state index contributed by atoms with van der Waals surface area (Å²) in [5.41, 5.74) is 0.158. The van der Waals surface area contributed by atoms with Crippen molar-refractivity contribution in [2.45, 2.75) is 45.4 Å². The number of alkyl carbamates (subject to hydrolysis) is 1. The Morgan fingerprint density at radius 3 is 2.37 bits per heavy atom. The molecule has 0 saturated carbocycles. The van der Waals surface area contributed by atoms with Crippen LogP contribution in [0.15, 0.2) is 43.0 Å². The highest BCUT2D eigenvalue weighted by molar-refractivity contribution is 5.88. The van der Waals surface area contributed by atoms with Crippen molar-refractivity contribution in [2.24, 2.45) is 0 Å². The molecule has 1 rings (SSSR count). The Labute approximate surface area is 160 Å². The van der Waals surface area contributed by atoms with Gasteiger partial charge in [-0.25, -0.2) is 4.79 Å². The van der Waals surface area contributed by atoms with Crippen molar-refractivity contribution in [1.29, 1.82) is 0 Å². The monoisotopic (exact) mass is 376 g/mol. The van der Waals surface area contributed by atoms with Gasteiger partial charge >= 0.3 is 12.1 Å². The molecule has 1 N–H and O–H groups in total. The second-order valence-electron chi connectivity index (χ2n) is 6.98. The maximum absolute atomic E-state index is 13.0. The van der Waals surface area contributed by atoms with E-state index in [4.69, 9.17) is 9.47 Å². The Hall–Kier alpha value is -2.83. The molecule has 7 heteroatoms. The van der Waals surface area contributed by atoms with E-state index in [1.54, 1.807) is 20.8 Å². The SMILES string of the molecule is C=CCC(NC(=O)OC(C)(C)C)C(=O)N(CC(=O)OC)Cc1ccccc1. The average molecular weight is 376 g/mol. The van der Waals surface area contributed by atoms with Crippen LogP contribution in [0.4, 0.5) is 4.79 Å². The molecule has 0 aromatic heterocycles. The number of carbonyl (C=O) groups is 3. The number of methoxy groups -OCH3 is 1. The lowest BCUT2D eigenvalue weighted by atomic mass is 10.1. The fraction of sp³-hybridized carbons (Fsp3) is 0.450. The molecule has 1 unspecified atom stereocenters. The highest BCUT2D eigenvalue weighted by Gasteiger charge is 2.28. The minimum atomic E-state index is -0.897. The summed E-state index contributed by atoms with van der Waals surface area (Å²) in [6.07, 6.45) is 1.02. The van der Waals surface area contributed by atoms with E-state index >= 15 is 0 Å². The molecule has 0 radical (unpaired) electrons. The van der Waals surface area contributed by atoms with E-state index in [1.165, 1.54) is 18.1 Å². The van der Waals surface area contributed by atoms with E-state index in [-0.39, 0.29) is 19.5 Å². The molecule has 0 aliphatic rings. The van der Waals surface area contributed by atoms with Gasteiger partial charge in [0.05, 0.1) is 7.11 Å². The molecule has 0 fully saturated rings. The van der Waals surface area contributed by atoms with E-state index in [2.05, 4.69) is 11.9 Å². The number of carbonyl (C=O) groups excluding carboxylic acids is 3. The van der Waals surface area contributed by atoms with E-state index in [1.807, 2.05) is 30.3 Å². The summed E-state index contributed by atoms with van der Waals surface area (Å²) in [5.74, 6) is -0.969. The van der Waals surface area contributed by atoms with Crippen LogP contribution >= 0.6 is 0 Å². The molecule has 0 aliphatic carbocycles. The topological polar surface area (TPSA) is 84.9 Å². The smallest absolute Gasteiger partial charge is 0.408 e. The standard InChI is InChI=1S/C20H28N2O5/c1-6-10-16(21-19(25)27-20(2,3)4)18(24)22(14-17(23)26-5)13-15-11-8-7-9-12-15/h6-9,11-12,16H,1,10,13-14H2,2-5H3,(H,21,25). The van der Waals surface area contributed by atoms with Crippen molar-refractivity contribution >= 4 is 18.0 Å². The third-order valence-corrected chi connectivity index (χ3v) is 3.47. The predicted molar refractivity (Wildman–Crippen MR) is 102 cm³/mol. The minimum Gasteiger partial charge on any atom is -0.468 e. The second-order valence-corrected chi connectivity index (χ2v) is 6.98. The van der Waals surface area contributed by atoms with Gasteiger partial charge in [0.25, 0.3) is 0 Å². The van der Waals surface area contributed by atoms with Crippen molar-refractivity contribution in [3.05, 3.63) is 48.6 Å². The number of rotatable bonds is 8. The number of amides is 2. The Bertz CT molecular complexity index is 652. The molecular weight excluding hydrogens is 348 g/mol. The van der Waals surface area contributed by atoms with Crippen molar-refractivity contribution in [3.63, 3.8) is 0 Å². The lowest BCUT2D eigenvalue weighted by Gasteiger charge is -2.28. The lowest BCUT2D eigenvalue weighted by Crippen LogP contribution is -2.50. The van der Waals surface area contributed by atoms with Crippen molar-refractivity contribution < 1.29 is 23.9 Å². The molecule has 1 aromatic carbocycles. The Balaban J connectivity index is 2.96. The number of benzene rings is 1. The fourth-order valence-electron chi connectivity index (χ4n) is 2.29. The van der Waals surface area contributed by atoms with Gasteiger partial charge in [-0.1, -0.05) is 36.4 Å². The molecule has 0 spiro atoms. The predicted octanol–water partition coefficient (Wildman–Crippen LogP) is 2.66. The number of nitrogens with zero attached hydrogens (tertiary/aromatic N) is 1.